The molecule has 0 amide bonds. The maximum Gasteiger partial charge on any atom is 0.394 e. The Kier molecular flexibility index (Phi) is 5.14. The lowest BCUT2D eigenvalue weighted by Crippen LogP contribution is -2.29. The zero-order valence-electron chi connectivity index (χ0n) is 8.96. The molecule has 1 aromatic rings. The summed E-state index contributed by atoms with van der Waals surface area (Å²) in [6, 6.07) is 0. The monoisotopic (exact) mass is 370 g/mol. The summed E-state index contributed by atoms with van der Waals surface area (Å²) in [6.45, 7) is -1.31. The Balaban J connectivity index is 3.29. The number of hydrogen-bond donors (Lipinski definition) is 1. The Labute approximate surface area is 117 Å². The molecule has 19 heavy (non-hydrogen) atoms. The molecule has 0 aliphatic rings. The van der Waals surface area contributed by atoms with Crippen molar-refractivity contribution >= 4 is 27.5 Å². The molecule has 0 radical (unpaired) electrons. The highest BCUT2D eigenvalue weighted by Gasteiger charge is 2.40. The lowest BCUT2D eigenvalue weighted by molar-refractivity contribution is -0.183. The van der Waals surface area contributed by atoms with E-state index in [1.54, 1.807) is 0 Å². The number of rotatable bonds is 3. The van der Waals surface area contributed by atoms with Crippen LogP contribution in [0.1, 0.15) is 5.56 Å². The summed E-state index contributed by atoms with van der Waals surface area (Å²) in [5, 5.41) is 7.79. The molecular weight excluding hydrogens is 365 g/mol. The first-order valence-corrected chi connectivity index (χ1v) is 5.96. The van der Waals surface area contributed by atoms with Gasteiger partial charge in [-0.1, -0.05) is 11.6 Å². The molecule has 0 saturated heterocycles. The summed E-state index contributed by atoms with van der Waals surface area (Å²) in [4.78, 5) is 0. The Morgan fingerprint density at radius 2 is 1.63 bits per heavy atom. The molecular formula is C10H6BrClF6O. The highest BCUT2D eigenvalue weighted by Crippen LogP contribution is 2.37. The minimum absolute atomic E-state index is 0.506. The van der Waals surface area contributed by atoms with Gasteiger partial charge in [0.1, 0.15) is 0 Å². The minimum Gasteiger partial charge on any atom is -0.396 e. The zero-order chi connectivity index (χ0) is 15.0. The molecule has 0 aliphatic carbocycles. The van der Waals surface area contributed by atoms with E-state index >= 15 is 0 Å². The second-order valence-electron chi connectivity index (χ2n) is 3.67. The van der Waals surface area contributed by atoms with Gasteiger partial charge in [0.15, 0.2) is 17.5 Å². The number of alkyl halides is 3. The average Bonchev–Trinajstić information content (AvgIpc) is 2.32. The van der Waals surface area contributed by atoms with Crippen molar-refractivity contribution in [2.75, 3.05) is 6.61 Å². The van der Waals surface area contributed by atoms with Crippen LogP contribution in [0.5, 0.6) is 0 Å². The van der Waals surface area contributed by atoms with Crippen molar-refractivity contribution in [2.45, 2.75) is 12.6 Å². The van der Waals surface area contributed by atoms with Crippen molar-refractivity contribution in [1.82, 2.24) is 0 Å². The van der Waals surface area contributed by atoms with Crippen LogP contribution < -0.4 is 0 Å². The van der Waals surface area contributed by atoms with Gasteiger partial charge in [0.2, 0.25) is 0 Å². The maximum absolute atomic E-state index is 13.4. The molecule has 0 fully saturated rings. The van der Waals surface area contributed by atoms with E-state index < -0.39 is 57.6 Å². The van der Waals surface area contributed by atoms with E-state index in [0.29, 0.717) is 0 Å². The van der Waals surface area contributed by atoms with Crippen molar-refractivity contribution in [3.63, 3.8) is 0 Å². The number of halogens is 8. The lowest BCUT2D eigenvalue weighted by Gasteiger charge is -2.19. The van der Waals surface area contributed by atoms with Crippen LogP contribution >= 0.6 is 27.5 Å². The quantitative estimate of drug-likeness (QED) is 0.479. The van der Waals surface area contributed by atoms with Crippen LogP contribution in [-0.2, 0) is 6.42 Å². The highest BCUT2D eigenvalue weighted by atomic mass is 79.9. The SMILES string of the molecule is OC[C@@H](Cc1c(F)c(F)c(F)c(Cl)c1Br)C(F)(F)F. The number of benzene rings is 1. The first-order valence-electron chi connectivity index (χ1n) is 4.79. The van der Waals surface area contributed by atoms with Crippen LogP contribution in [0.4, 0.5) is 26.3 Å². The van der Waals surface area contributed by atoms with Gasteiger partial charge >= 0.3 is 6.18 Å². The van der Waals surface area contributed by atoms with Gasteiger partial charge in [0.05, 0.1) is 17.5 Å². The van der Waals surface area contributed by atoms with Crippen molar-refractivity contribution in [2.24, 2.45) is 5.92 Å². The van der Waals surface area contributed by atoms with E-state index in [9.17, 15) is 26.3 Å². The molecule has 9 heteroatoms. The first kappa shape index (κ1) is 16.6. The van der Waals surface area contributed by atoms with E-state index in [-0.39, 0.29) is 0 Å². The van der Waals surface area contributed by atoms with Crippen molar-refractivity contribution in [3.8, 4) is 0 Å². The minimum atomic E-state index is -4.81. The summed E-state index contributed by atoms with van der Waals surface area (Å²) in [5.74, 6) is -7.72. The van der Waals surface area contributed by atoms with E-state index in [1.807, 2.05) is 0 Å². The third-order valence-electron chi connectivity index (χ3n) is 2.43. The lowest BCUT2D eigenvalue weighted by atomic mass is 9.99. The molecule has 1 aromatic carbocycles. The van der Waals surface area contributed by atoms with Crippen LogP contribution in [0.2, 0.25) is 5.02 Å². The fourth-order valence-corrected chi connectivity index (χ4v) is 2.07. The molecule has 1 atom stereocenters. The summed E-state index contributed by atoms with van der Waals surface area (Å²) in [7, 11) is 0. The molecule has 1 rings (SSSR count). The molecule has 0 saturated carbocycles. The van der Waals surface area contributed by atoms with Crippen molar-refractivity contribution < 1.29 is 31.4 Å². The van der Waals surface area contributed by atoms with Gasteiger partial charge in [-0.2, -0.15) is 13.2 Å². The van der Waals surface area contributed by atoms with Crippen LogP contribution in [0.15, 0.2) is 4.47 Å². The first-order chi connectivity index (χ1) is 8.61. The molecule has 1 N–H and O–H groups in total. The van der Waals surface area contributed by atoms with E-state index in [1.165, 1.54) is 0 Å². The Hall–Kier alpha value is -0.470. The molecule has 1 nitrogen and oxygen atoms in total. The highest BCUT2D eigenvalue weighted by molar-refractivity contribution is 9.10. The van der Waals surface area contributed by atoms with E-state index in [0.717, 1.165) is 0 Å². The van der Waals surface area contributed by atoms with Gasteiger partial charge in [0.25, 0.3) is 0 Å². The molecule has 0 bridgehead atoms. The van der Waals surface area contributed by atoms with Crippen molar-refractivity contribution in [1.29, 1.82) is 0 Å². The molecule has 0 unspecified atom stereocenters. The van der Waals surface area contributed by atoms with Crippen LogP contribution in [-0.4, -0.2) is 17.9 Å². The van der Waals surface area contributed by atoms with E-state index in [2.05, 4.69) is 15.9 Å². The third kappa shape index (κ3) is 3.35. The van der Waals surface area contributed by atoms with Gasteiger partial charge in [-0.25, -0.2) is 13.2 Å². The topological polar surface area (TPSA) is 20.2 Å². The predicted octanol–water partition coefficient (Wildman–Crippen LogP) is 4.23. The van der Waals surface area contributed by atoms with Crippen LogP contribution in [0, 0.1) is 23.4 Å². The molecule has 0 aromatic heterocycles. The maximum atomic E-state index is 13.4. The summed E-state index contributed by atoms with van der Waals surface area (Å²) >= 11 is 7.94. The number of aliphatic hydroxyl groups is 1. The molecule has 0 aliphatic heterocycles. The Morgan fingerprint density at radius 3 is 2.05 bits per heavy atom. The average molecular weight is 372 g/mol. The van der Waals surface area contributed by atoms with E-state index in [4.69, 9.17) is 16.7 Å². The zero-order valence-corrected chi connectivity index (χ0v) is 11.3. The van der Waals surface area contributed by atoms with Crippen molar-refractivity contribution in [3.05, 3.63) is 32.5 Å². The van der Waals surface area contributed by atoms with Gasteiger partial charge in [-0.3, -0.25) is 0 Å². The number of hydrogen-bond acceptors (Lipinski definition) is 1. The smallest absolute Gasteiger partial charge is 0.394 e. The second kappa shape index (κ2) is 5.88. The second-order valence-corrected chi connectivity index (χ2v) is 4.84. The molecule has 0 heterocycles. The Bertz CT molecular complexity index is 461. The third-order valence-corrected chi connectivity index (χ3v) is 3.89. The van der Waals surface area contributed by atoms with Gasteiger partial charge in [-0.05, 0) is 22.4 Å². The van der Waals surface area contributed by atoms with Gasteiger partial charge < -0.3 is 5.11 Å². The predicted molar refractivity (Wildman–Crippen MR) is 59.4 cm³/mol. The molecule has 108 valence electrons. The standard InChI is InChI=1S/C10H6BrClF6O/c11-5-4(1-3(2-19)10(16,17)18)7(13)9(15)8(14)6(5)12/h3,19H,1-2H2/t3-/m1/s1. The van der Waals surface area contributed by atoms with Gasteiger partial charge in [0, 0.05) is 10.0 Å². The van der Waals surface area contributed by atoms with Crippen LogP contribution in [0.3, 0.4) is 0 Å². The summed E-state index contributed by atoms with van der Waals surface area (Å²) < 4.78 is 76.4. The number of aliphatic hydroxyl groups excluding tert-OH is 1. The largest absolute Gasteiger partial charge is 0.396 e. The Morgan fingerprint density at radius 1 is 1.11 bits per heavy atom. The fraction of sp³-hybridized carbons (Fsp3) is 0.400. The summed E-state index contributed by atoms with van der Waals surface area (Å²) in [5.41, 5.74) is -0.778. The van der Waals surface area contributed by atoms with Gasteiger partial charge in [-0.15, -0.1) is 0 Å². The molecule has 0 spiro atoms. The summed E-state index contributed by atoms with van der Waals surface area (Å²) in [6.07, 6.45) is -5.87. The van der Waals surface area contributed by atoms with Crippen LogP contribution in [0.25, 0.3) is 0 Å². The fourth-order valence-electron chi connectivity index (χ4n) is 1.36. The normalized spacial score (nSPS) is 13.7.